The molecule has 26 heavy (non-hydrogen) atoms. The van der Waals surface area contributed by atoms with Crippen molar-refractivity contribution in [3.8, 4) is 0 Å². The summed E-state index contributed by atoms with van der Waals surface area (Å²) < 4.78 is 45.2. The summed E-state index contributed by atoms with van der Waals surface area (Å²) in [4.78, 5) is 16.8. The first-order valence-corrected chi connectivity index (χ1v) is 9.20. The number of ether oxygens (including phenoxy) is 1. The molecule has 0 unspecified atom stereocenters. The zero-order valence-electron chi connectivity index (χ0n) is 14.5. The molecule has 3 aliphatic rings. The van der Waals surface area contributed by atoms with E-state index in [0.717, 1.165) is 19.2 Å². The maximum absolute atomic E-state index is 13.1. The van der Waals surface area contributed by atoms with Crippen LogP contribution in [0.25, 0.3) is 0 Å². The fraction of sp³-hybridized carbons (Fsp3) is 0.632. The second-order valence-electron chi connectivity index (χ2n) is 7.51. The summed E-state index contributed by atoms with van der Waals surface area (Å²) >= 11 is 0. The second kappa shape index (κ2) is 6.85. The molecule has 2 saturated heterocycles. The van der Waals surface area contributed by atoms with Gasteiger partial charge in [-0.2, -0.15) is 13.2 Å². The molecule has 142 valence electrons. The molecule has 2 heterocycles. The van der Waals surface area contributed by atoms with Gasteiger partial charge in [-0.1, -0.05) is 18.2 Å². The number of piperazine rings is 1. The van der Waals surface area contributed by atoms with Crippen LogP contribution in [0.5, 0.6) is 0 Å². The Morgan fingerprint density at radius 2 is 1.92 bits per heavy atom. The van der Waals surface area contributed by atoms with Crippen LogP contribution < -0.4 is 0 Å². The second-order valence-corrected chi connectivity index (χ2v) is 7.51. The molecule has 1 aliphatic carbocycles. The van der Waals surface area contributed by atoms with Crippen LogP contribution in [-0.4, -0.2) is 60.6 Å². The van der Waals surface area contributed by atoms with Crippen molar-refractivity contribution in [2.45, 2.75) is 37.5 Å². The van der Waals surface area contributed by atoms with Crippen LogP contribution in [0.1, 0.15) is 24.0 Å². The summed E-state index contributed by atoms with van der Waals surface area (Å²) in [6.45, 7) is 3.24. The van der Waals surface area contributed by atoms with Crippen LogP contribution in [-0.2, 0) is 22.1 Å². The van der Waals surface area contributed by atoms with E-state index in [1.54, 1.807) is 11.0 Å². The summed E-state index contributed by atoms with van der Waals surface area (Å²) in [5.74, 6) is 0.466. The third-order valence-corrected chi connectivity index (χ3v) is 5.74. The number of benzene rings is 1. The number of fused-ring (bicyclic) bond motifs is 1. The number of carbonyl (C=O) groups excluding carboxylic acids is 1. The maximum Gasteiger partial charge on any atom is 0.416 e. The first-order valence-electron chi connectivity index (χ1n) is 9.20. The smallest absolute Gasteiger partial charge is 0.378 e. The first-order chi connectivity index (χ1) is 12.4. The molecule has 1 aromatic carbocycles. The lowest BCUT2D eigenvalue weighted by molar-refractivity contribution is -0.141. The van der Waals surface area contributed by atoms with Crippen molar-refractivity contribution in [3.05, 3.63) is 35.4 Å². The molecule has 3 fully saturated rings. The van der Waals surface area contributed by atoms with E-state index in [-0.39, 0.29) is 23.9 Å². The number of hydrogen-bond acceptors (Lipinski definition) is 3. The van der Waals surface area contributed by atoms with Crippen molar-refractivity contribution in [1.29, 1.82) is 0 Å². The van der Waals surface area contributed by atoms with Crippen molar-refractivity contribution in [3.63, 3.8) is 0 Å². The number of rotatable bonds is 3. The lowest BCUT2D eigenvalue weighted by Crippen LogP contribution is -2.63. The summed E-state index contributed by atoms with van der Waals surface area (Å²) in [6.07, 6.45) is -2.16. The predicted molar refractivity (Wildman–Crippen MR) is 89.6 cm³/mol. The Bertz CT molecular complexity index is 675. The van der Waals surface area contributed by atoms with E-state index in [2.05, 4.69) is 4.90 Å². The summed E-state index contributed by atoms with van der Waals surface area (Å²) in [6, 6.07) is 5.93. The zero-order valence-corrected chi connectivity index (χ0v) is 14.5. The SMILES string of the molecule is O=C(Cc1ccccc1C(F)(F)F)N1CCN2[C@@H](COC[C@@H]2C2CC2)C1. The number of amides is 1. The fourth-order valence-electron chi connectivity index (χ4n) is 4.22. The van der Waals surface area contributed by atoms with Gasteiger partial charge in [-0.3, -0.25) is 9.69 Å². The van der Waals surface area contributed by atoms with Crippen LogP contribution in [0.4, 0.5) is 13.2 Å². The molecular formula is C19H23F3N2O2. The molecule has 4 rings (SSSR count). The highest BCUT2D eigenvalue weighted by Crippen LogP contribution is 2.38. The minimum atomic E-state index is -4.44. The molecule has 1 saturated carbocycles. The monoisotopic (exact) mass is 368 g/mol. The third-order valence-electron chi connectivity index (χ3n) is 5.74. The third kappa shape index (κ3) is 3.60. The van der Waals surface area contributed by atoms with Gasteiger partial charge in [0.15, 0.2) is 0 Å². The van der Waals surface area contributed by atoms with Gasteiger partial charge in [-0.15, -0.1) is 0 Å². The molecule has 2 atom stereocenters. The average molecular weight is 368 g/mol. The number of alkyl halides is 3. The van der Waals surface area contributed by atoms with E-state index in [4.69, 9.17) is 4.74 Å². The van der Waals surface area contributed by atoms with Gasteiger partial charge in [0.25, 0.3) is 0 Å². The highest BCUT2D eigenvalue weighted by Gasteiger charge is 2.43. The molecule has 0 bridgehead atoms. The molecule has 0 radical (unpaired) electrons. The van der Waals surface area contributed by atoms with Crippen molar-refractivity contribution >= 4 is 5.91 Å². The Kier molecular flexibility index (Phi) is 4.69. The van der Waals surface area contributed by atoms with Crippen LogP contribution in [0, 0.1) is 5.92 Å². The van der Waals surface area contributed by atoms with Crippen molar-refractivity contribution < 1.29 is 22.7 Å². The standard InChI is InChI=1S/C19H23F3N2O2/c20-19(21,22)16-4-2-1-3-14(16)9-18(25)23-7-8-24-15(10-23)11-26-12-17(24)13-5-6-13/h1-4,13,15,17H,5-12H2/t15-,17-/m1/s1. The molecule has 4 nitrogen and oxygen atoms in total. The fourth-order valence-corrected chi connectivity index (χ4v) is 4.22. The average Bonchev–Trinajstić information content (AvgIpc) is 3.45. The number of carbonyl (C=O) groups is 1. The summed E-state index contributed by atoms with van der Waals surface area (Å²) in [5, 5.41) is 0. The van der Waals surface area contributed by atoms with Gasteiger partial charge >= 0.3 is 6.18 Å². The van der Waals surface area contributed by atoms with Crippen LogP contribution >= 0.6 is 0 Å². The van der Waals surface area contributed by atoms with E-state index in [9.17, 15) is 18.0 Å². The Morgan fingerprint density at radius 3 is 2.65 bits per heavy atom. The van der Waals surface area contributed by atoms with E-state index in [0.29, 0.717) is 31.7 Å². The quantitative estimate of drug-likeness (QED) is 0.822. The van der Waals surface area contributed by atoms with Gasteiger partial charge in [-0.05, 0) is 30.4 Å². The van der Waals surface area contributed by atoms with Crippen LogP contribution in [0.3, 0.4) is 0 Å². The number of hydrogen-bond donors (Lipinski definition) is 0. The normalized spacial score (nSPS) is 27.3. The first kappa shape index (κ1) is 17.8. The minimum Gasteiger partial charge on any atom is -0.378 e. The summed E-state index contributed by atoms with van der Waals surface area (Å²) in [5.41, 5.74) is -0.676. The maximum atomic E-state index is 13.1. The highest BCUT2D eigenvalue weighted by atomic mass is 19.4. The number of morpholine rings is 1. The van der Waals surface area contributed by atoms with E-state index >= 15 is 0 Å². The summed E-state index contributed by atoms with van der Waals surface area (Å²) in [7, 11) is 0. The largest absolute Gasteiger partial charge is 0.416 e. The van der Waals surface area contributed by atoms with E-state index in [1.165, 1.54) is 25.0 Å². The highest BCUT2D eigenvalue weighted by molar-refractivity contribution is 5.79. The predicted octanol–water partition coefficient (Wildman–Crippen LogP) is 2.57. The van der Waals surface area contributed by atoms with Gasteiger partial charge in [-0.25, -0.2) is 0 Å². The van der Waals surface area contributed by atoms with Gasteiger partial charge in [0.1, 0.15) is 0 Å². The van der Waals surface area contributed by atoms with Gasteiger partial charge in [0.2, 0.25) is 5.91 Å². The van der Waals surface area contributed by atoms with Crippen LogP contribution in [0.15, 0.2) is 24.3 Å². The van der Waals surface area contributed by atoms with Crippen molar-refractivity contribution in [1.82, 2.24) is 9.80 Å². The topological polar surface area (TPSA) is 32.8 Å². The Hall–Kier alpha value is -1.60. The molecule has 1 amide bonds. The molecule has 0 aromatic heterocycles. The molecule has 0 N–H and O–H groups in total. The molecule has 0 spiro atoms. The van der Waals surface area contributed by atoms with Gasteiger partial charge in [0.05, 0.1) is 31.2 Å². The molecule has 2 aliphatic heterocycles. The van der Waals surface area contributed by atoms with E-state index in [1.807, 2.05) is 0 Å². The molecule has 7 heteroatoms. The van der Waals surface area contributed by atoms with Crippen molar-refractivity contribution in [2.75, 3.05) is 32.8 Å². The van der Waals surface area contributed by atoms with Crippen LogP contribution in [0.2, 0.25) is 0 Å². The zero-order chi connectivity index (χ0) is 18.3. The number of halogens is 3. The minimum absolute atomic E-state index is 0.0446. The van der Waals surface area contributed by atoms with Crippen molar-refractivity contribution in [2.24, 2.45) is 5.92 Å². The Morgan fingerprint density at radius 1 is 1.15 bits per heavy atom. The lowest BCUT2D eigenvalue weighted by Gasteiger charge is -2.48. The Balaban J connectivity index is 1.42. The van der Waals surface area contributed by atoms with E-state index < -0.39 is 11.7 Å². The van der Waals surface area contributed by atoms with Gasteiger partial charge < -0.3 is 9.64 Å². The number of nitrogens with zero attached hydrogens (tertiary/aromatic N) is 2. The lowest BCUT2D eigenvalue weighted by atomic mass is 10.0. The Labute approximate surface area is 150 Å². The van der Waals surface area contributed by atoms with Gasteiger partial charge in [0, 0.05) is 25.7 Å². The molecular weight excluding hydrogens is 345 g/mol. The molecule has 1 aromatic rings.